The molecule has 0 aromatic carbocycles. The normalized spacial score (nSPS) is 30.5. The summed E-state index contributed by atoms with van der Waals surface area (Å²) in [4.78, 5) is 13.2. The van der Waals surface area contributed by atoms with Gasteiger partial charge in [-0.15, -0.1) is 0 Å². The van der Waals surface area contributed by atoms with Gasteiger partial charge in [-0.3, -0.25) is 4.98 Å². The van der Waals surface area contributed by atoms with Crippen molar-refractivity contribution >= 4 is 0 Å². The van der Waals surface area contributed by atoms with Crippen LogP contribution >= 0.6 is 0 Å². The van der Waals surface area contributed by atoms with E-state index in [2.05, 4.69) is 22.1 Å². The zero-order valence-electron chi connectivity index (χ0n) is 5.72. The van der Waals surface area contributed by atoms with E-state index in [9.17, 15) is 4.79 Å². The Morgan fingerprint density at radius 3 is 2.80 bits per heavy atom. The summed E-state index contributed by atoms with van der Waals surface area (Å²) in [5.41, 5.74) is -0.200. The van der Waals surface area contributed by atoms with Crippen molar-refractivity contribution in [3.63, 3.8) is 0 Å². The summed E-state index contributed by atoms with van der Waals surface area (Å²) in [6.45, 7) is 2.15. The molecule has 1 fully saturated rings. The maximum Gasteiger partial charge on any atom is 0.340 e. The van der Waals surface area contributed by atoms with E-state index in [1.54, 1.807) is 0 Å². The minimum absolute atomic E-state index is 0.200. The van der Waals surface area contributed by atoms with E-state index in [1.807, 2.05) is 0 Å². The molecule has 2 N–H and O–H groups in total. The van der Waals surface area contributed by atoms with Gasteiger partial charge in [0.15, 0.2) is 0 Å². The van der Waals surface area contributed by atoms with Crippen LogP contribution in [0.5, 0.6) is 0 Å². The highest BCUT2D eigenvalue weighted by Gasteiger charge is 2.36. The highest BCUT2D eigenvalue weighted by atomic mass is 16.1. The number of hydrogen-bond acceptors (Lipinski definition) is 2. The second-order valence-corrected chi connectivity index (χ2v) is 2.88. The molecule has 1 aliphatic rings. The quantitative estimate of drug-likeness (QED) is 0.584. The lowest BCUT2D eigenvalue weighted by molar-refractivity contribution is 0.848. The number of rotatable bonds is 1. The topological polar surface area (TPSA) is 61.5 Å². The Balaban J connectivity index is 2.27. The van der Waals surface area contributed by atoms with Gasteiger partial charge < -0.3 is 0 Å². The first-order chi connectivity index (χ1) is 4.77. The molecule has 1 heterocycles. The molecule has 1 aliphatic carbocycles. The van der Waals surface area contributed by atoms with Gasteiger partial charge in [0.25, 0.3) is 0 Å². The molecule has 4 heteroatoms. The van der Waals surface area contributed by atoms with Crippen LogP contribution in [-0.2, 0) is 0 Å². The fourth-order valence-electron chi connectivity index (χ4n) is 1.16. The number of aromatic amines is 2. The molecule has 0 amide bonds. The molecule has 0 radical (unpaired) electrons. The van der Waals surface area contributed by atoms with E-state index in [-0.39, 0.29) is 5.69 Å². The molecule has 54 valence electrons. The largest absolute Gasteiger partial charge is 0.340 e. The summed E-state index contributed by atoms with van der Waals surface area (Å²) in [7, 11) is 0. The van der Waals surface area contributed by atoms with Gasteiger partial charge in [0.05, 0.1) is 0 Å². The van der Waals surface area contributed by atoms with Gasteiger partial charge in [0.2, 0.25) is 0 Å². The maximum atomic E-state index is 10.6. The van der Waals surface area contributed by atoms with Gasteiger partial charge in [-0.25, -0.2) is 9.89 Å². The first-order valence-corrected chi connectivity index (χ1v) is 3.42. The fraction of sp³-hybridized carbons (Fsp3) is 0.667. The predicted octanol–water partition coefficient (Wildman–Crippen LogP) is 0.221. The third-order valence-corrected chi connectivity index (χ3v) is 1.98. The van der Waals surface area contributed by atoms with Gasteiger partial charge in [0, 0.05) is 5.92 Å². The Bertz CT molecular complexity index is 287. The lowest BCUT2D eigenvalue weighted by Crippen LogP contribution is -2.00. The van der Waals surface area contributed by atoms with Gasteiger partial charge in [-0.2, -0.15) is 5.10 Å². The zero-order valence-corrected chi connectivity index (χ0v) is 5.72. The summed E-state index contributed by atoms with van der Waals surface area (Å²) in [6, 6.07) is 0. The second kappa shape index (κ2) is 1.71. The van der Waals surface area contributed by atoms with E-state index >= 15 is 0 Å². The van der Waals surface area contributed by atoms with Crippen LogP contribution in [0.15, 0.2) is 4.79 Å². The Morgan fingerprint density at radius 1 is 1.70 bits per heavy atom. The zero-order chi connectivity index (χ0) is 7.14. The molecule has 1 saturated carbocycles. The molecule has 4 nitrogen and oxygen atoms in total. The van der Waals surface area contributed by atoms with Crippen LogP contribution in [0.3, 0.4) is 0 Å². The van der Waals surface area contributed by atoms with Crippen LogP contribution in [0.1, 0.15) is 25.1 Å². The van der Waals surface area contributed by atoms with E-state index < -0.39 is 0 Å². The van der Waals surface area contributed by atoms with Gasteiger partial charge >= 0.3 is 5.69 Å². The van der Waals surface area contributed by atoms with Crippen molar-refractivity contribution in [1.82, 2.24) is 15.2 Å². The molecule has 0 spiro atoms. The average molecular weight is 139 g/mol. The third kappa shape index (κ3) is 0.761. The van der Waals surface area contributed by atoms with Crippen molar-refractivity contribution < 1.29 is 0 Å². The summed E-state index contributed by atoms with van der Waals surface area (Å²) >= 11 is 0. The molecular formula is C6H9N3O. The lowest BCUT2D eigenvalue weighted by atomic mass is 10.3. The van der Waals surface area contributed by atoms with E-state index in [4.69, 9.17) is 0 Å². The van der Waals surface area contributed by atoms with Crippen LogP contribution in [0.25, 0.3) is 0 Å². The van der Waals surface area contributed by atoms with Crippen LogP contribution in [0, 0.1) is 5.92 Å². The van der Waals surface area contributed by atoms with E-state index in [0.29, 0.717) is 11.8 Å². The van der Waals surface area contributed by atoms with Crippen LogP contribution in [-0.4, -0.2) is 15.2 Å². The molecule has 1 aromatic rings. The standard InChI is InChI=1S/C6H9N3O/c1-3-2-4(3)5-7-6(10)9-8-5/h3-4H,2H2,1H3,(H2,7,8,9,10). The Morgan fingerprint density at radius 2 is 2.40 bits per heavy atom. The van der Waals surface area contributed by atoms with Gasteiger partial charge in [-0.05, 0) is 12.3 Å². The molecule has 2 rings (SSSR count). The molecule has 10 heavy (non-hydrogen) atoms. The monoisotopic (exact) mass is 139 g/mol. The Hall–Kier alpha value is -1.06. The summed E-state index contributed by atoms with van der Waals surface area (Å²) in [6.07, 6.45) is 1.15. The molecule has 2 atom stereocenters. The molecule has 1 aromatic heterocycles. The summed E-state index contributed by atoms with van der Waals surface area (Å²) in [5, 5.41) is 6.18. The smallest absolute Gasteiger partial charge is 0.293 e. The molecule has 0 aliphatic heterocycles. The first-order valence-electron chi connectivity index (χ1n) is 3.42. The SMILES string of the molecule is CC1CC1c1n[nH]c(=O)[nH]1. The summed E-state index contributed by atoms with van der Waals surface area (Å²) in [5.74, 6) is 2.01. The van der Waals surface area contributed by atoms with Crippen molar-refractivity contribution in [2.45, 2.75) is 19.3 Å². The van der Waals surface area contributed by atoms with Crippen LogP contribution in [0.4, 0.5) is 0 Å². The Labute approximate surface area is 57.7 Å². The van der Waals surface area contributed by atoms with Gasteiger partial charge in [-0.1, -0.05) is 6.92 Å². The maximum absolute atomic E-state index is 10.6. The minimum atomic E-state index is -0.200. The number of H-pyrrole nitrogens is 2. The minimum Gasteiger partial charge on any atom is -0.293 e. The van der Waals surface area contributed by atoms with Gasteiger partial charge in [0.1, 0.15) is 5.82 Å². The number of nitrogens with zero attached hydrogens (tertiary/aromatic N) is 1. The second-order valence-electron chi connectivity index (χ2n) is 2.88. The van der Waals surface area contributed by atoms with Crippen molar-refractivity contribution in [3.8, 4) is 0 Å². The van der Waals surface area contributed by atoms with Crippen molar-refractivity contribution in [1.29, 1.82) is 0 Å². The number of nitrogens with one attached hydrogen (secondary N) is 2. The van der Waals surface area contributed by atoms with Crippen LogP contribution < -0.4 is 5.69 Å². The molecular weight excluding hydrogens is 130 g/mol. The number of aromatic nitrogens is 3. The highest BCUT2D eigenvalue weighted by molar-refractivity contribution is 5.06. The molecule has 2 unspecified atom stereocenters. The van der Waals surface area contributed by atoms with E-state index in [0.717, 1.165) is 12.2 Å². The van der Waals surface area contributed by atoms with Crippen molar-refractivity contribution in [2.75, 3.05) is 0 Å². The number of hydrogen-bond donors (Lipinski definition) is 2. The Kier molecular flexibility index (Phi) is 0.977. The molecule has 0 saturated heterocycles. The van der Waals surface area contributed by atoms with Crippen LogP contribution in [0.2, 0.25) is 0 Å². The van der Waals surface area contributed by atoms with Crippen molar-refractivity contribution in [2.24, 2.45) is 5.92 Å². The van der Waals surface area contributed by atoms with E-state index in [1.165, 1.54) is 0 Å². The fourth-order valence-corrected chi connectivity index (χ4v) is 1.16. The highest BCUT2D eigenvalue weighted by Crippen LogP contribution is 2.44. The lowest BCUT2D eigenvalue weighted by Gasteiger charge is -1.84. The molecule has 0 bridgehead atoms. The average Bonchev–Trinajstić information content (AvgIpc) is 2.42. The predicted molar refractivity (Wildman–Crippen MR) is 35.7 cm³/mol. The first kappa shape index (κ1) is 5.70. The van der Waals surface area contributed by atoms with Crippen molar-refractivity contribution in [3.05, 3.63) is 16.3 Å². The summed E-state index contributed by atoms with van der Waals surface area (Å²) < 4.78 is 0. The third-order valence-electron chi connectivity index (χ3n) is 1.98.